The Morgan fingerprint density at radius 2 is 2.05 bits per heavy atom. The van der Waals surface area contributed by atoms with Crippen LogP contribution in [0.1, 0.15) is 4.88 Å². The van der Waals surface area contributed by atoms with Gasteiger partial charge in [0.15, 0.2) is 0 Å². The molecule has 0 saturated carbocycles. The van der Waals surface area contributed by atoms with E-state index in [0.717, 1.165) is 19.3 Å². The number of halogens is 1. The topological polar surface area (TPSA) is 75.4 Å². The standard InChI is InChI=1S/C13H16BrN3O2S2/c1-17(2)21(18,19)11-3-4-13(12(15)6-11)16-7-10-5-9(14)8-20-10/h3-6,8,16H,7,15H2,1-2H3. The molecule has 8 heteroatoms. The maximum Gasteiger partial charge on any atom is 0.242 e. The zero-order valence-corrected chi connectivity index (χ0v) is 14.8. The smallest absolute Gasteiger partial charge is 0.242 e. The second-order valence-electron chi connectivity index (χ2n) is 4.62. The van der Waals surface area contributed by atoms with Crippen molar-refractivity contribution >= 4 is 48.7 Å². The monoisotopic (exact) mass is 389 g/mol. The van der Waals surface area contributed by atoms with E-state index in [9.17, 15) is 8.42 Å². The van der Waals surface area contributed by atoms with Crippen LogP contribution in [-0.4, -0.2) is 26.8 Å². The highest BCUT2D eigenvalue weighted by molar-refractivity contribution is 9.10. The number of nitrogens with one attached hydrogen (secondary N) is 1. The molecule has 0 radical (unpaired) electrons. The van der Waals surface area contributed by atoms with Gasteiger partial charge in [-0.25, -0.2) is 12.7 Å². The van der Waals surface area contributed by atoms with Crippen LogP contribution in [0.4, 0.5) is 11.4 Å². The van der Waals surface area contributed by atoms with E-state index in [1.165, 1.54) is 20.2 Å². The molecule has 114 valence electrons. The molecule has 5 nitrogen and oxygen atoms in total. The third-order valence-electron chi connectivity index (χ3n) is 2.88. The number of hydrogen-bond acceptors (Lipinski definition) is 5. The Labute approximate surface area is 137 Å². The summed E-state index contributed by atoms with van der Waals surface area (Å²) >= 11 is 5.04. The van der Waals surface area contributed by atoms with E-state index >= 15 is 0 Å². The zero-order valence-electron chi connectivity index (χ0n) is 11.6. The number of hydrogen-bond donors (Lipinski definition) is 2. The van der Waals surface area contributed by atoms with Crippen molar-refractivity contribution in [2.75, 3.05) is 25.1 Å². The van der Waals surface area contributed by atoms with Crippen LogP contribution < -0.4 is 11.1 Å². The van der Waals surface area contributed by atoms with Gasteiger partial charge in [-0.05, 0) is 40.2 Å². The van der Waals surface area contributed by atoms with E-state index in [-0.39, 0.29) is 4.90 Å². The number of nitrogens with two attached hydrogens (primary N) is 1. The predicted octanol–water partition coefficient (Wildman–Crippen LogP) is 2.96. The Balaban J connectivity index is 2.16. The molecule has 0 unspecified atom stereocenters. The molecule has 21 heavy (non-hydrogen) atoms. The molecule has 0 aliphatic heterocycles. The lowest BCUT2D eigenvalue weighted by molar-refractivity contribution is 0.521. The summed E-state index contributed by atoms with van der Waals surface area (Å²) in [4.78, 5) is 1.35. The van der Waals surface area contributed by atoms with Crippen LogP contribution in [0.15, 0.2) is 39.0 Å². The van der Waals surface area contributed by atoms with Crippen LogP contribution in [0.5, 0.6) is 0 Å². The Morgan fingerprint density at radius 3 is 2.57 bits per heavy atom. The van der Waals surface area contributed by atoms with E-state index in [4.69, 9.17) is 5.73 Å². The van der Waals surface area contributed by atoms with Crippen LogP contribution in [0, 0.1) is 0 Å². The van der Waals surface area contributed by atoms with Gasteiger partial charge in [-0.15, -0.1) is 11.3 Å². The van der Waals surface area contributed by atoms with Crippen molar-refractivity contribution in [3.8, 4) is 0 Å². The largest absolute Gasteiger partial charge is 0.397 e. The van der Waals surface area contributed by atoms with Crippen LogP contribution in [-0.2, 0) is 16.6 Å². The lowest BCUT2D eigenvalue weighted by Crippen LogP contribution is -2.22. The maximum absolute atomic E-state index is 12.0. The fraction of sp³-hybridized carbons (Fsp3) is 0.231. The van der Waals surface area contributed by atoms with Crippen molar-refractivity contribution in [2.45, 2.75) is 11.4 Å². The first kappa shape index (κ1) is 16.3. The normalized spacial score (nSPS) is 11.8. The van der Waals surface area contributed by atoms with Gasteiger partial charge in [-0.1, -0.05) is 0 Å². The molecule has 0 saturated heterocycles. The number of thiophene rings is 1. The molecule has 0 amide bonds. The molecule has 1 aromatic heterocycles. The van der Waals surface area contributed by atoms with Gasteiger partial charge >= 0.3 is 0 Å². The van der Waals surface area contributed by atoms with Gasteiger partial charge in [-0.3, -0.25) is 0 Å². The molecule has 0 aliphatic carbocycles. The summed E-state index contributed by atoms with van der Waals surface area (Å²) in [6.07, 6.45) is 0. The molecule has 0 aliphatic rings. The molecule has 0 atom stereocenters. The van der Waals surface area contributed by atoms with Crippen LogP contribution in [0.25, 0.3) is 0 Å². The van der Waals surface area contributed by atoms with E-state index in [0.29, 0.717) is 12.2 Å². The van der Waals surface area contributed by atoms with Gasteiger partial charge in [-0.2, -0.15) is 0 Å². The average molecular weight is 390 g/mol. The lowest BCUT2D eigenvalue weighted by Gasteiger charge is -2.14. The second-order valence-corrected chi connectivity index (χ2v) is 8.68. The van der Waals surface area contributed by atoms with Crippen molar-refractivity contribution in [1.29, 1.82) is 0 Å². The molecule has 3 N–H and O–H groups in total. The Morgan fingerprint density at radius 1 is 1.33 bits per heavy atom. The maximum atomic E-state index is 12.0. The Hall–Kier alpha value is -1.09. The third-order valence-corrected chi connectivity index (χ3v) is 6.39. The quantitative estimate of drug-likeness (QED) is 0.770. The van der Waals surface area contributed by atoms with Crippen LogP contribution in [0.3, 0.4) is 0 Å². The minimum atomic E-state index is -3.46. The number of nitrogens with zero attached hydrogens (tertiary/aromatic N) is 1. The highest BCUT2D eigenvalue weighted by Crippen LogP contribution is 2.26. The molecule has 1 aromatic carbocycles. The van der Waals surface area contributed by atoms with Gasteiger partial charge in [0.25, 0.3) is 0 Å². The average Bonchev–Trinajstić information content (AvgIpc) is 2.82. The van der Waals surface area contributed by atoms with E-state index in [1.807, 2.05) is 11.4 Å². The highest BCUT2D eigenvalue weighted by Gasteiger charge is 2.18. The Bertz CT molecular complexity index is 742. The molecule has 2 rings (SSSR count). The molecule has 0 fully saturated rings. The summed E-state index contributed by atoms with van der Waals surface area (Å²) in [6.45, 7) is 0.639. The predicted molar refractivity (Wildman–Crippen MR) is 91.1 cm³/mol. The van der Waals surface area contributed by atoms with Gasteiger partial charge in [0.2, 0.25) is 10.0 Å². The van der Waals surface area contributed by atoms with Crippen molar-refractivity contribution in [3.05, 3.63) is 39.0 Å². The SMILES string of the molecule is CN(C)S(=O)(=O)c1ccc(NCc2cc(Br)cs2)c(N)c1. The first-order valence-electron chi connectivity index (χ1n) is 6.09. The summed E-state index contributed by atoms with van der Waals surface area (Å²) in [5.41, 5.74) is 7.07. The molecule has 2 aromatic rings. The zero-order chi connectivity index (χ0) is 15.6. The van der Waals surface area contributed by atoms with Crippen molar-refractivity contribution < 1.29 is 8.42 Å². The second kappa shape index (κ2) is 6.35. The highest BCUT2D eigenvalue weighted by atomic mass is 79.9. The summed E-state index contributed by atoms with van der Waals surface area (Å²) in [6, 6.07) is 6.74. The first-order chi connectivity index (χ1) is 9.80. The number of benzene rings is 1. The van der Waals surface area contributed by atoms with E-state index in [1.54, 1.807) is 23.5 Å². The molecule has 0 bridgehead atoms. The third kappa shape index (κ3) is 3.76. The van der Waals surface area contributed by atoms with Gasteiger partial charge in [0.1, 0.15) is 0 Å². The molecular weight excluding hydrogens is 374 g/mol. The number of anilines is 2. The molecule has 1 heterocycles. The lowest BCUT2D eigenvalue weighted by atomic mass is 10.2. The van der Waals surface area contributed by atoms with Gasteiger partial charge < -0.3 is 11.1 Å². The summed E-state index contributed by atoms with van der Waals surface area (Å²) in [5.74, 6) is 0. The van der Waals surface area contributed by atoms with E-state index in [2.05, 4.69) is 21.2 Å². The Kier molecular flexibility index (Phi) is 4.92. The molecule has 0 spiro atoms. The minimum absolute atomic E-state index is 0.189. The molecular formula is C13H16BrN3O2S2. The number of sulfonamides is 1. The first-order valence-corrected chi connectivity index (χ1v) is 9.21. The number of rotatable bonds is 5. The van der Waals surface area contributed by atoms with Gasteiger partial charge in [0.05, 0.1) is 16.3 Å². The minimum Gasteiger partial charge on any atom is -0.397 e. The van der Waals surface area contributed by atoms with Crippen LogP contribution >= 0.6 is 27.3 Å². The summed E-state index contributed by atoms with van der Waals surface area (Å²) in [7, 11) is -0.474. The van der Waals surface area contributed by atoms with Crippen molar-refractivity contribution in [2.24, 2.45) is 0 Å². The summed E-state index contributed by atoms with van der Waals surface area (Å²) < 4.78 is 26.3. The van der Waals surface area contributed by atoms with Crippen molar-refractivity contribution in [1.82, 2.24) is 4.31 Å². The van der Waals surface area contributed by atoms with Gasteiger partial charge in [0, 0.05) is 35.4 Å². The fourth-order valence-corrected chi connectivity index (χ4v) is 4.03. The van der Waals surface area contributed by atoms with E-state index < -0.39 is 10.0 Å². The fourth-order valence-electron chi connectivity index (χ4n) is 1.70. The number of nitrogen functional groups attached to an aromatic ring is 1. The van der Waals surface area contributed by atoms with Crippen molar-refractivity contribution in [3.63, 3.8) is 0 Å². The van der Waals surface area contributed by atoms with Crippen LogP contribution in [0.2, 0.25) is 0 Å². The summed E-state index contributed by atoms with van der Waals surface area (Å²) in [5, 5.41) is 5.21.